The molecule has 0 radical (unpaired) electrons. The van der Waals surface area contributed by atoms with Crippen LogP contribution in [0, 0.1) is 11.3 Å². The molecule has 1 amide bonds. The van der Waals surface area contributed by atoms with E-state index in [4.69, 9.17) is 21.6 Å². The second kappa shape index (κ2) is 7.41. The van der Waals surface area contributed by atoms with E-state index in [1.807, 2.05) is 19.9 Å². The monoisotopic (exact) mass is 293 g/mol. The number of carbonyl (C=O) groups excluding carboxylic acids is 1. The van der Waals surface area contributed by atoms with Crippen molar-refractivity contribution < 1.29 is 9.53 Å². The molecule has 2 N–H and O–H groups in total. The fourth-order valence-corrected chi connectivity index (χ4v) is 1.54. The Morgan fingerprint density at radius 1 is 1.50 bits per heavy atom. The molecule has 6 heteroatoms. The van der Waals surface area contributed by atoms with Crippen molar-refractivity contribution in [1.29, 1.82) is 5.26 Å². The molecule has 0 aliphatic carbocycles. The summed E-state index contributed by atoms with van der Waals surface area (Å²) in [7, 11) is 1.49. The first-order chi connectivity index (χ1) is 9.47. The lowest BCUT2D eigenvalue weighted by molar-refractivity contribution is -0.112. The Balaban J connectivity index is 2.92. The first kappa shape index (κ1) is 15.9. The molecule has 0 aromatic heterocycles. The lowest BCUT2D eigenvalue weighted by Crippen LogP contribution is -2.20. The van der Waals surface area contributed by atoms with Gasteiger partial charge in [-0.3, -0.25) is 4.79 Å². The van der Waals surface area contributed by atoms with Gasteiger partial charge < -0.3 is 15.4 Å². The summed E-state index contributed by atoms with van der Waals surface area (Å²) in [5.74, 6) is -0.0573. The van der Waals surface area contributed by atoms with Crippen molar-refractivity contribution in [1.82, 2.24) is 5.32 Å². The highest BCUT2D eigenvalue weighted by atomic mass is 35.5. The Bertz CT molecular complexity index is 562. The summed E-state index contributed by atoms with van der Waals surface area (Å²) in [6.45, 7) is 3.81. The van der Waals surface area contributed by atoms with Crippen LogP contribution in [0.2, 0.25) is 5.02 Å². The Labute approximate surface area is 123 Å². The van der Waals surface area contributed by atoms with Crippen molar-refractivity contribution in [3.8, 4) is 11.8 Å². The third-order valence-electron chi connectivity index (χ3n) is 2.34. The summed E-state index contributed by atoms with van der Waals surface area (Å²) in [6.07, 6.45) is 1.39. The van der Waals surface area contributed by atoms with Gasteiger partial charge in [0.2, 0.25) is 0 Å². The quantitative estimate of drug-likeness (QED) is 0.646. The van der Waals surface area contributed by atoms with Crippen LogP contribution in [-0.4, -0.2) is 19.1 Å². The molecular weight excluding hydrogens is 278 g/mol. The average Bonchev–Trinajstić information content (AvgIpc) is 2.39. The highest BCUT2D eigenvalue weighted by molar-refractivity contribution is 6.31. The molecule has 1 aromatic carbocycles. The number of halogens is 1. The molecular formula is C14H16ClN3O2. The highest BCUT2D eigenvalue weighted by Gasteiger charge is 2.12. The Morgan fingerprint density at radius 3 is 2.75 bits per heavy atom. The van der Waals surface area contributed by atoms with Crippen molar-refractivity contribution in [3.63, 3.8) is 0 Å². The van der Waals surface area contributed by atoms with Crippen molar-refractivity contribution in [2.45, 2.75) is 19.9 Å². The first-order valence-electron chi connectivity index (χ1n) is 5.99. The topological polar surface area (TPSA) is 74.1 Å². The first-order valence-corrected chi connectivity index (χ1v) is 6.37. The number of hydrogen-bond acceptors (Lipinski definition) is 4. The normalized spacial score (nSPS) is 10.9. The number of ether oxygens (including phenoxy) is 1. The van der Waals surface area contributed by atoms with E-state index in [0.29, 0.717) is 16.5 Å². The van der Waals surface area contributed by atoms with Crippen LogP contribution >= 0.6 is 11.6 Å². The van der Waals surface area contributed by atoms with E-state index in [-0.39, 0.29) is 11.6 Å². The third kappa shape index (κ3) is 4.48. The van der Waals surface area contributed by atoms with Crippen LogP contribution in [0.1, 0.15) is 13.8 Å². The maximum absolute atomic E-state index is 12.0. The number of rotatable bonds is 5. The average molecular weight is 294 g/mol. The van der Waals surface area contributed by atoms with Crippen LogP contribution in [0.4, 0.5) is 5.69 Å². The molecule has 0 aliphatic rings. The molecule has 106 valence electrons. The van der Waals surface area contributed by atoms with E-state index in [1.54, 1.807) is 18.2 Å². The van der Waals surface area contributed by atoms with Gasteiger partial charge in [-0.2, -0.15) is 5.26 Å². The smallest absolute Gasteiger partial charge is 0.267 e. The second-order valence-corrected chi connectivity index (χ2v) is 4.73. The molecule has 0 atom stereocenters. The van der Waals surface area contributed by atoms with Crippen LogP contribution in [0.3, 0.4) is 0 Å². The van der Waals surface area contributed by atoms with Crippen LogP contribution in [0.25, 0.3) is 0 Å². The number of hydrogen-bond donors (Lipinski definition) is 2. The summed E-state index contributed by atoms with van der Waals surface area (Å²) in [5, 5.41) is 15.0. The third-order valence-corrected chi connectivity index (χ3v) is 2.57. The van der Waals surface area contributed by atoms with Gasteiger partial charge in [0, 0.05) is 17.3 Å². The molecule has 0 saturated heterocycles. The minimum Gasteiger partial charge on any atom is -0.495 e. The van der Waals surface area contributed by atoms with E-state index in [1.165, 1.54) is 13.3 Å². The summed E-state index contributed by atoms with van der Waals surface area (Å²) < 4.78 is 5.12. The van der Waals surface area contributed by atoms with Gasteiger partial charge in [0.15, 0.2) is 0 Å². The van der Waals surface area contributed by atoms with Gasteiger partial charge in [-0.25, -0.2) is 0 Å². The summed E-state index contributed by atoms with van der Waals surface area (Å²) in [4.78, 5) is 12.0. The van der Waals surface area contributed by atoms with Crippen LogP contribution in [0.15, 0.2) is 30.0 Å². The van der Waals surface area contributed by atoms with E-state index < -0.39 is 5.91 Å². The predicted octanol–water partition coefficient (Wildman–Crippen LogP) is 2.69. The maximum atomic E-state index is 12.0. The molecule has 0 saturated carbocycles. The molecule has 1 aromatic rings. The number of carbonyl (C=O) groups is 1. The number of nitrogens with one attached hydrogen (secondary N) is 2. The number of nitrogens with zero attached hydrogens (tertiary/aromatic N) is 1. The number of amides is 1. The fourth-order valence-electron chi connectivity index (χ4n) is 1.37. The molecule has 0 aliphatic heterocycles. The lowest BCUT2D eigenvalue weighted by atomic mass is 10.2. The summed E-state index contributed by atoms with van der Waals surface area (Å²) in [6, 6.07) is 6.82. The molecule has 20 heavy (non-hydrogen) atoms. The summed E-state index contributed by atoms with van der Waals surface area (Å²) in [5.41, 5.74) is 0.386. The minimum atomic E-state index is -0.527. The van der Waals surface area contributed by atoms with Crippen LogP contribution in [0.5, 0.6) is 5.75 Å². The molecule has 0 fully saturated rings. The molecule has 0 unspecified atom stereocenters. The SMILES string of the molecule is COc1ccc(Cl)cc1NC(=O)/C(C#N)=C\NC(C)C. The zero-order valence-electron chi connectivity index (χ0n) is 11.5. The number of methoxy groups -OCH3 is 1. The Hall–Kier alpha value is -2.19. The van der Waals surface area contributed by atoms with Gasteiger partial charge in [-0.1, -0.05) is 11.6 Å². The van der Waals surface area contributed by atoms with E-state index in [0.717, 1.165) is 0 Å². The van der Waals surface area contributed by atoms with Gasteiger partial charge >= 0.3 is 0 Å². The lowest BCUT2D eigenvalue weighted by Gasteiger charge is -2.10. The minimum absolute atomic E-state index is 0.0271. The Morgan fingerprint density at radius 2 is 2.20 bits per heavy atom. The van der Waals surface area contributed by atoms with E-state index >= 15 is 0 Å². The highest BCUT2D eigenvalue weighted by Crippen LogP contribution is 2.27. The molecule has 0 heterocycles. The van der Waals surface area contributed by atoms with Gasteiger partial charge in [0.05, 0.1) is 12.8 Å². The molecule has 0 spiro atoms. The largest absolute Gasteiger partial charge is 0.495 e. The predicted molar refractivity (Wildman–Crippen MR) is 78.6 cm³/mol. The number of benzene rings is 1. The van der Waals surface area contributed by atoms with Gasteiger partial charge in [-0.15, -0.1) is 0 Å². The van der Waals surface area contributed by atoms with Gasteiger partial charge in [0.25, 0.3) is 5.91 Å². The van der Waals surface area contributed by atoms with Crippen molar-refractivity contribution >= 4 is 23.2 Å². The Kier molecular flexibility index (Phi) is 5.88. The molecule has 1 rings (SSSR count). The van der Waals surface area contributed by atoms with Crippen molar-refractivity contribution in [2.75, 3.05) is 12.4 Å². The van der Waals surface area contributed by atoms with E-state index in [9.17, 15) is 4.79 Å². The summed E-state index contributed by atoms with van der Waals surface area (Å²) >= 11 is 5.87. The maximum Gasteiger partial charge on any atom is 0.267 e. The van der Waals surface area contributed by atoms with Crippen molar-refractivity contribution in [2.24, 2.45) is 0 Å². The van der Waals surface area contributed by atoms with Crippen molar-refractivity contribution in [3.05, 3.63) is 35.0 Å². The van der Waals surface area contributed by atoms with Gasteiger partial charge in [0.1, 0.15) is 17.4 Å². The second-order valence-electron chi connectivity index (χ2n) is 4.29. The standard InChI is InChI=1S/C14H16ClN3O2/c1-9(2)17-8-10(7-16)14(19)18-12-6-11(15)4-5-13(12)20-3/h4-6,8-9,17H,1-3H3,(H,18,19)/b10-8-. The van der Waals surface area contributed by atoms with Gasteiger partial charge in [-0.05, 0) is 32.0 Å². The zero-order chi connectivity index (χ0) is 15.1. The zero-order valence-corrected chi connectivity index (χ0v) is 12.3. The molecule has 5 nitrogen and oxygen atoms in total. The molecule has 0 bridgehead atoms. The number of nitriles is 1. The fraction of sp³-hybridized carbons (Fsp3) is 0.286. The van der Waals surface area contributed by atoms with E-state index in [2.05, 4.69) is 10.6 Å². The van der Waals surface area contributed by atoms with Crippen LogP contribution < -0.4 is 15.4 Å². The number of anilines is 1. The van der Waals surface area contributed by atoms with Crippen LogP contribution in [-0.2, 0) is 4.79 Å².